The first-order valence-electron chi connectivity index (χ1n) is 6.46. The van der Waals surface area contributed by atoms with Crippen LogP contribution in [0.15, 0.2) is 42.5 Å². The molecule has 2 heteroatoms. The number of aryl methyl sites for hydroxylation is 2. The molecule has 100 valence electrons. The minimum absolute atomic E-state index is 0.496. The van der Waals surface area contributed by atoms with Crippen LogP contribution in [0.5, 0.6) is 5.75 Å². The Bertz CT molecular complexity index is 570. The van der Waals surface area contributed by atoms with Crippen LogP contribution >= 0.6 is 0 Å². The second-order valence-corrected chi connectivity index (χ2v) is 5.25. The Labute approximate surface area is 115 Å². The molecule has 0 heterocycles. The zero-order valence-electron chi connectivity index (χ0n) is 12.0. The molecule has 0 aliphatic rings. The average molecular weight is 255 g/mol. The Morgan fingerprint density at radius 2 is 1.63 bits per heavy atom. The Hall–Kier alpha value is -1.80. The minimum Gasteiger partial charge on any atom is -0.497 e. The highest BCUT2D eigenvalue weighted by atomic mass is 16.5. The zero-order valence-corrected chi connectivity index (χ0v) is 12.0. The first kappa shape index (κ1) is 13.6. The lowest BCUT2D eigenvalue weighted by molar-refractivity contribution is 0.414. The van der Waals surface area contributed by atoms with E-state index >= 15 is 0 Å². The molecule has 0 amide bonds. The first-order chi connectivity index (χ1) is 8.95. The molecular weight excluding hydrogens is 234 g/mol. The number of methoxy groups -OCH3 is 1. The lowest BCUT2D eigenvalue weighted by Gasteiger charge is -2.28. The molecule has 2 rings (SSSR count). The summed E-state index contributed by atoms with van der Waals surface area (Å²) in [5, 5.41) is 0. The molecule has 1 atom stereocenters. The van der Waals surface area contributed by atoms with Crippen molar-refractivity contribution < 1.29 is 4.74 Å². The van der Waals surface area contributed by atoms with Gasteiger partial charge in [0.1, 0.15) is 5.75 Å². The summed E-state index contributed by atoms with van der Waals surface area (Å²) < 4.78 is 5.19. The molecule has 0 fully saturated rings. The smallest absolute Gasteiger partial charge is 0.118 e. The predicted molar refractivity (Wildman–Crippen MR) is 79.6 cm³/mol. The third-order valence-electron chi connectivity index (χ3n) is 3.63. The molecule has 0 aromatic heterocycles. The van der Waals surface area contributed by atoms with Crippen LogP contribution < -0.4 is 10.5 Å². The summed E-state index contributed by atoms with van der Waals surface area (Å²) in [4.78, 5) is 0. The van der Waals surface area contributed by atoms with Crippen LogP contribution in [0.4, 0.5) is 0 Å². The van der Waals surface area contributed by atoms with Gasteiger partial charge in [-0.2, -0.15) is 0 Å². The fraction of sp³-hybridized carbons (Fsp3) is 0.294. The maximum absolute atomic E-state index is 6.56. The number of rotatable bonds is 3. The highest BCUT2D eigenvalue weighted by Gasteiger charge is 2.25. The topological polar surface area (TPSA) is 35.2 Å². The fourth-order valence-electron chi connectivity index (χ4n) is 2.49. The second-order valence-electron chi connectivity index (χ2n) is 5.25. The van der Waals surface area contributed by atoms with Crippen molar-refractivity contribution in [2.75, 3.05) is 7.11 Å². The van der Waals surface area contributed by atoms with E-state index in [9.17, 15) is 0 Å². The first-order valence-corrected chi connectivity index (χ1v) is 6.46. The van der Waals surface area contributed by atoms with Gasteiger partial charge in [0.25, 0.3) is 0 Å². The number of nitrogens with two attached hydrogens (primary N) is 1. The van der Waals surface area contributed by atoms with Gasteiger partial charge in [-0.25, -0.2) is 0 Å². The number of benzene rings is 2. The van der Waals surface area contributed by atoms with Crippen LogP contribution in [0.25, 0.3) is 0 Å². The van der Waals surface area contributed by atoms with Gasteiger partial charge >= 0.3 is 0 Å². The third-order valence-corrected chi connectivity index (χ3v) is 3.63. The number of ether oxygens (including phenoxy) is 1. The Morgan fingerprint density at radius 1 is 1.00 bits per heavy atom. The second kappa shape index (κ2) is 5.06. The van der Waals surface area contributed by atoms with Gasteiger partial charge in [-0.3, -0.25) is 0 Å². The highest BCUT2D eigenvalue weighted by molar-refractivity contribution is 5.44. The van der Waals surface area contributed by atoms with Gasteiger partial charge in [-0.1, -0.05) is 35.9 Å². The van der Waals surface area contributed by atoms with Crippen LogP contribution in [-0.2, 0) is 5.54 Å². The molecule has 0 saturated heterocycles. The Morgan fingerprint density at radius 3 is 2.16 bits per heavy atom. The molecule has 0 aliphatic carbocycles. The van der Waals surface area contributed by atoms with Crippen molar-refractivity contribution in [3.05, 3.63) is 64.7 Å². The van der Waals surface area contributed by atoms with E-state index in [0.29, 0.717) is 0 Å². The largest absolute Gasteiger partial charge is 0.497 e. The maximum Gasteiger partial charge on any atom is 0.118 e. The van der Waals surface area contributed by atoms with Gasteiger partial charge in [-0.15, -0.1) is 0 Å². The molecule has 0 bridgehead atoms. The lowest BCUT2D eigenvalue weighted by Crippen LogP contribution is -2.35. The normalized spacial score (nSPS) is 13.9. The Kier molecular flexibility index (Phi) is 3.63. The monoisotopic (exact) mass is 255 g/mol. The van der Waals surface area contributed by atoms with Crippen molar-refractivity contribution in [2.45, 2.75) is 26.3 Å². The summed E-state index contributed by atoms with van der Waals surface area (Å²) in [5.74, 6) is 0.847. The molecule has 2 aromatic carbocycles. The van der Waals surface area contributed by atoms with Crippen molar-refractivity contribution >= 4 is 0 Å². The van der Waals surface area contributed by atoms with Crippen LogP contribution in [0.1, 0.15) is 29.2 Å². The molecule has 0 aliphatic heterocycles. The molecule has 19 heavy (non-hydrogen) atoms. The van der Waals surface area contributed by atoms with Crippen molar-refractivity contribution in [1.82, 2.24) is 0 Å². The van der Waals surface area contributed by atoms with E-state index in [1.807, 2.05) is 31.2 Å². The highest BCUT2D eigenvalue weighted by Crippen LogP contribution is 2.30. The lowest BCUT2D eigenvalue weighted by atomic mass is 9.83. The fourth-order valence-corrected chi connectivity index (χ4v) is 2.49. The number of hydrogen-bond acceptors (Lipinski definition) is 2. The minimum atomic E-state index is -0.496. The summed E-state index contributed by atoms with van der Waals surface area (Å²) in [7, 11) is 1.67. The van der Waals surface area contributed by atoms with Crippen LogP contribution in [0, 0.1) is 13.8 Å². The molecule has 0 saturated carbocycles. The third kappa shape index (κ3) is 2.64. The van der Waals surface area contributed by atoms with Gasteiger partial charge in [-0.05, 0) is 49.6 Å². The molecule has 1 unspecified atom stereocenters. The molecular formula is C17H21NO. The molecule has 0 radical (unpaired) electrons. The predicted octanol–water partition coefficient (Wildman–Crippen LogP) is 3.53. The van der Waals surface area contributed by atoms with Gasteiger partial charge in [0, 0.05) is 0 Å². The van der Waals surface area contributed by atoms with Gasteiger partial charge in [0.15, 0.2) is 0 Å². The van der Waals surface area contributed by atoms with E-state index in [2.05, 4.69) is 32.0 Å². The van der Waals surface area contributed by atoms with E-state index in [1.165, 1.54) is 11.1 Å². The Balaban J connectivity index is 2.45. The van der Waals surface area contributed by atoms with Crippen LogP contribution in [0.2, 0.25) is 0 Å². The molecule has 0 spiro atoms. The van der Waals surface area contributed by atoms with E-state index in [1.54, 1.807) is 7.11 Å². The van der Waals surface area contributed by atoms with Crippen LogP contribution in [0.3, 0.4) is 0 Å². The van der Waals surface area contributed by atoms with Gasteiger partial charge < -0.3 is 10.5 Å². The van der Waals surface area contributed by atoms with E-state index in [4.69, 9.17) is 10.5 Å². The maximum atomic E-state index is 6.56. The standard InChI is InChI=1S/C17H21NO/c1-12-5-10-16(13(2)11-12)17(3,18)14-6-8-15(19-4)9-7-14/h5-11H,18H2,1-4H3. The summed E-state index contributed by atoms with van der Waals surface area (Å²) in [6.45, 7) is 6.25. The molecule has 2 nitrogen and oxygen atoms in total. The van der Waals surface area contributed by atoms with Crippen LogP contribution in [-0.4, -0.2) is 7.11 Å². The SMILES string of the molecule is COc1ccc(C(C)(N)c2ccc(C)cc2C)cc1. The quantitative estimate of drug-likeness (QED) is 0.910. The van der Waals surface area contributed by atoms with Gasteiger partial charge in [0.2, 0.25) is 0 Å². The summed E-state index contributed by atoms with van der Waals surface area (Å²) in [6, 6.07) is 14.3. The molecule has 2 N–H and O–H groups in total. The van der Waals surface area contributed by atoms with E-state index in [0.717, 1.165) is 16.9 Å². The van der Waals surface area contributed by atoms with Crippen molar-refractivity contribution in [3.63, 3.8) is 0 Å². The number of hydrogen-bond donors (Lipinski definition) is 1. The van der Waals surface area contributed by atoms with E-state index in [-0.39, 0.29) is 0 Å². The zero-order chi connectivity index (χ0) is 14.0. The summed E-state index contributed by atoms with van der Waals surface area (Å²) >= 11 is 0. The molecule has 2 aromatic rings. The van der Waals surface area contributed by atoms with Crippen molar-refractivity contribution in [2.24, 2.45) is 5.73 Å². The van der Waals surface area contributed by atoms with E-state index < -0.39 is 5.54 Å². The summed E-state index contributed by atoms with van der Waals surface area (Å²) in [6.07, 6.45) is 0. The van der Waals surface area contributed by atoms with Crippen molar-refractivity contribution in [3.8, 4) is 5.75 Å². The average Bonchev–Trinajstić information content (AvgIpc) is 2.38. The van der Waals surface area contributed by atoms with Crippen molar-refractivity contribution in [1.29, 1.82) is 0 Å². The summed E-state index contributed by atoms with van der Waals surface area (Å²) in [5.41, 5.74) is 10.8. The van der Waals surface area contributed by atoms with Gasteiger partial charge in [0.05, 0.1) is 12.6 Å².